The van der Waals surface area contributed by atoms with Gasteiger partial charge in [0.25, 0.3) is 5.91 Å². The topological polar surface area (TPSA) is 78.4 Å². The first-order valence-corrected chi connectivity index (χ1v) is 7.13. The van der Waals surface area contributed by atoms with E-state index >= 15 is 0 Å². The summed E-state index contributed by atoms with van der Waals surface area (Å²) in [6.07, 6.45) is 0. The van der Waals surface area contributed by atoms with Crippen molar-refractivity contribution in [3.05, 3.63) is 15.4 Å². The molecular formula is C8H11BrN2O3S2. The number of hydrogen-bond donors (Lipinski definition) is 3. The molecule has 0 aromatic carbocycles. The Labute approximate surface area is 108 Å². The summed E-state index contributed by atoms with van der Waals surface area (Å²) in [6.45, 7) is 3.71. The summed E-state index contributed by atoms with van der Waals surface area (Å²) in [5, 5.41) is 11.3. The van der Waals surface area contributed by atoms with Crippen molar-refractivity contribution in [1.82, 2.24) is 10.2 Å². The maximum Gasteiger partial charge on any atom is 0.261 e. The smallest absolute Gasteiger partial charge is 0.261 e. The molecule has 0 spiro atoms. The van der Waals surface area contributed by atoms with E-state index in [-0.39, 0.29) is 11.9 Å². The second-order valence-corrected chi connectivity index (χ2v) is 6.53. The van der Waals surface area contributed by atoms with Crippen molar-refractivity contribution >= 4 is 44.2 Å². The lowest BCUT2D eigenvalue weighted by Gasteiger charge is -2.05. The summed E-state index contributed by atoms with van der Waals surface area (Å²) in [6, 6.07) is 1.62. The van der Waals surface area contributed by atoms with Crippen LogP contribution in [0.15, 0.2) is 14.7 Å². The number of halogens is 1. The monoisotopic (exact) mass is 326 g/mol. The fraction of sp³-hybridized carbons (Fsp3) is 0.375. The summed E-state index contributed by atoms with van der Waals surface area (Å²) in [5.74, 6) is -0.220. The van der Waals surface area contributed by atoms with Crippen molar-refractivity contribution < 1.29 is 14.2 Å². The number of rotatable bonds is 4. The molecule has 0 bridgehead atoms. The van der Waals surface area contributed by atoms with Crippen molar-refractivity contribution in [1.29, 1.82) is 0 Å². The van der Waals surface area contributed by atoms with Gasteiger partial charge in [0, 0.05) is 10.5 Å². The lowest BCUT2D eigenvalue weighted by Crippen LogP contribution is -2.29. The molecule has 1 aromatic rings. The summed E-state index contributed by atoms with van der Waals surface area (Å²) >= 11 is 4.24. The van der Waals surface area contributed by atoms with Crippen molar-refractivity contribution in [3.63, 3.8) is 0 Å². The summed E-state index contributed by atoms with van der Waals surface area (Å²) in [5.41, 5.74) is 0. The Morgan fingerprint density at radius 1 is 1.62 bits per heavy atom. The molecule has 1 aromatic heterocycles. The first-order chi connectivity index (χ1) is 7.45. The molecular weight excluding hydrogens is 316 g/mol. The highest BCUT2D eigenvalue weighted by Crippen LogP contribution is 2.29. The van der Waals surface area contributed by atoms with E-state index < -0.39 is 11.0 Å². The van der Waals surface area contributed by atoms with Gasteiger partial charge in [-0.15, -0.1) is 16.2 Å². The molecule has 1 rings (SSSR count). The molecule has 0 aliphatic rings. The van der Waals surface area contributed by atoms with Gasteiger partial charge in [-0.3, -0.25) is 4.79 Å². The molecule has 8 heteroatoms. The molecule has 1 amide bonds. The number of carbonyl (C=O) groups is 1. The molecule has 1 atom stereocenters. The Morgan fingerprint density at radius 3 is 2.75 bits per heavy atom. The molecule has 1 unspecified atom stereocenters. The number of hydrogen-bond acceptors (Lipinski definition) is 4. The molecule has 0 radical (unpaired) electrons. The minimum absolute atomic E-state index is 0.0401. The molecule has 0 aliphatic carbocycles. The largest absolute Gasteiger partial charge is 0.349 e. The third kappa shape index (κ3) is 3.36. The van der Waals surface area contributed by atoms with Crippen LogP contribution in [-0.4, -0.2) is 21.4 Å². The first kappa shape index (κ1) is 13.8. The Morgan fingerprint density at radius 2 is 2.25 bits per heavy atom. The van der Waals surface area contributed by atoms with E-state index in [0.29, 0.717) is 13.6 Å². The van der Waals surface area contributed by atoms with Gasteiger partial charge in [0.15, 0.2) is 11.0 Å². The Bertz CT molecular complexity index is 419. The van der Waals surface area contributed by atoms with Crippen molar-refractivity contribution in [3.8, 4) is 0 Å². The molecule has 90 valence electrons. The average Bonchev–Trinajstić information content (AvgIpc) is 2.58. The van der Waals surface area contributed by atoms with E-state index in [1.807, 2.05) is 13.8 Å². The molecule has 0 aliphatic heterocycles. The molecule has 3 N–H and O–H groups in total. The number of nitrogens with one attached hydrogen (secondary N) is 2. The van der Waals surface area contributed by atoms with Gasteiger partial charge in [0.2, 0.25) is 0 Å². The van der Waals surface area contributed by atoms with Gasteiger partial charge >= 0.3 is 0 Å². The van der Waals surface area contributed by atoms with E-state index in [2.05, 4.69) is 21.2 Å². The van der Waals surface area contributed by atoms with E-state index in [1.54, 1.807) is 11.0 Å². The van der Waals surface area contributed by atoms with Crippen LogP contribution >= 0.6 is 27.3 Å². The SMILES string of the molecule is CC(C)NC(=O)c1cc(Br)c(S(=O)NO)s1. The number of thiophene rings is 1. The normalized spacial score (nSPS) is 12.8. The summed E-state index contributed by atoms with van der Waals surface area (Å²) in [4.78, 5) is 13.7. The molecule has 0 saturated carbocycles. The zero-order valence-electron chi connectivity index (χ0n) is 8.61. The van der Waals surface area contributed by atoms with Crippen LogP contribution in [0, 0.1) is 0 Å². The fourth-order valence-electron chi connectivity index (χ4n) is 0.965. The first-order valence-electron chi connectivity index (χ1n) is 4.37. The Kier molecular flexibility index (Phi) is 5.06. The molecule has 0 saturated heterocycles. The second kappa shape index (κ2) is 5.87. The van der Waals surface area contributed by atoms with Gasteiger partial charge in [-0.1, -0.05) is 0 Å². The zero-order chi connectivity index (χ0) is 12.3. The van der Waals surface area contributed by atoms with Crippen LogP contribution in [-0.2, 0) is 11.0 Å². The van der Waals surface area contributed by atoms with Crippen molar-refractivity contribution in [2.75, 3.05) is 0 Å². The lowest BCUT2D eigenvalue weighted by molar-refractivity contribution is 0.0947. The van der Waals surface area contributed by atoms with E-state index in [0.717, 1.165) is 11.3 Å². The highest BCUT2D eigenvalue weighted by molar-refractivity contribution is 9.10. The van der Waals surface area contributed by atoms with Crippen LogP contribution in [0.2, 0.25) is 0 Å². The molecule has 16 heavy (non-hydrogen) atoms. The maximum absolute atomic E-state index is 11.6. The predicted octanol–water partition coefficient (Wildman–Crippen LogP) is 1.65. The minimum Gasteiger partial charge on any atom is -0.349 e. The molecule has 5 nitrogen and oxygen atoms in total. The summed E-state index contributed by atoms with van der Waals surface area (Å²) in [7, 11) is -1.71. The predicted molar refractivity (Wildman–Crippen MR) is 66.0 cm³/mol. The Hall–Kier alpha value is -0.280. The highest BCUT2D eigenvalue weighted by atomic mass is 79.9. The van der Waals surface area contributed by atoms with Gasteiger partial charge in [-0.25, -0.2) is 4.21 Å². The van der Waals surface area contributed by atoms with Gasteiger partial charge in [0.1, 0.15) is 4.21 Å². The zero-order valence-corrected chi connectivity index (χ0v) is 11.8. The van der Waals surface area contributed by atoms with Gasteiger partial charge in [-0.2, -0.15) is 0 Å². The van der Waals surface area contributed by atoms with E-state index in [4.69, 9.17) is 5.21 Å². The maximum atomic E-state index is 11.6. The van der Waals surface area contributed by atoms with Crippen molar-refractivity contribution in [2.45, 2.75) is 24.1 Å². The van der Waals surface area contributed by atoms with Crippen molar-refractivity contribution in [2.24, 2.45) is 0 Å². The number of amides is 1. The van der Waals surface area contributed by atoms with Crippen LogP contribution < -0.4 is 10.2 Å². The second-order valence-electron chi connectivity index (χ2n) is 3.23. The minimum atomic E-state index is -1.71. The number of carbonyl (C=O) groups excluding carboxylic acids is 1. The third-order valence-electron chi connectivity index (χ3n) is 1.55. The van der Waals surface area contributed by atoms with Crippen LogP contribution in [0.4, 0.5) is 0 Å². The standard InChI is InChI=1S/C8H11BrN2O3S2/c1-4(2)10-7(12)6-3-5(9)8(15-6)16(14)11-13/h3-4,11,13H,1-2H3,(H,10,12). The van der Waals surface area contributed by atoms with Gasteiger partial charge in [0.05, 0.1) is 4.88 Å². The lowest BCUT2D eigenvalue weighted by atomic mass is 10.3. The van der Waals surface area contributed by atoms with Crippen LogP contribution in [0.3, 0.4) is 0 Å². The third-order valence-corrected chi connectivity index (χ3v) is 5.06. The molecule has 0 fully saturated rings. The van der Waals surface area contributed by atoms with Crippen LogP contribution in [0.5, 0.6) is 0 Å². The van der Waals surface area contributed by atoms with Gasteiger partial charge in [-0.05, 0) is 35.8 Å². The van der Waals surface area contributed by atoms with Crippen LogP contribution in [0.1, 0.15) is 23.5 Å². The Balaban J connectivity index is 2.92. The van der Waals surface area contributed by atoms with E-state index in [9.17, 15) is 9.00 Å². The van der Waals surface area contributed by atoms with Gasteiger partial charge < -0.3 is 10.5 Å². The fourth-order valence-corrected chi connectivity index (χ4v) is 3.72. The molecule has 1 heterocycles. The average molecular weight is 327 g/mol. The quantitative estimate of drug-likeness (QED) is 0.736. The van der Waals surface area contributed by atoms with E-state index in [1.165, 1.54) is 0 Å². The summed E-state index contributed by atoms with van der Waals surface area (Å²) < 4.78 is 12.2. The highest BCUT2D eigenvalue weighted by Gasteiger charge is 2.17. The van der Waals surface area contributed by atoms with Crippen LogP contribution in [0.25, 0.3) is 0 Å².